The molecular formula is C21H23N3O. The minimum Gasteiger partial charge on any atom is -0.383 e. The molecular weight excluding hydrogens is 310 g/mol. The van der Waals surface area contributed by atoms with E-state index in [1.807, 2.05) is 35.0 Å². The molecule has 0 saturated heterocycles. The normalized spacial score (nSPS) is 24.0. The number of benzene rings is 2. The molecule has 1 saturated carbocycles. The van der Waals surface area contributed by atoms with Gasteiger partial charge in [0.1, 0.15) is 18.3 Å². The second-order valence-corrected chi connectivity index (χ2v) is 6.86. The zero-order valence-electron chi connectivity index (χ0n) is 14.3. The van der Waals surface area contributed by atoms with Crippen LogP contribution in [0.2, 0.25) is 0 Å². The van der Waals surface area contributed by atoms with E-state index < -0.39 is 5.60 Å². The van der Waals surface area contributed by atoms with Crippen LogP contribution >= 0.6 is 0 Å². The van der Waals surface area contributed by atoms with Crippen LogP contribution in [0.1, 0.15) is 43.7 Å². The van der Waals surface area contributed by atoms with Crippen LogP contribution < -0.4 is 0 Å². The SMILES string of the molecule is OC1(c2cccc(-c3ccccc3)c2)CCCCCC1n1cncn1. The molecule has 25 heavy (non-hydrogen) atoms. The van der Waals surface area contributed by atoms with Gasteiger partial charge in [-0.25, -0.2) is 9.67 Å². The van der Waals surface area contributed by atoms with E-state index in [9.17, 15) is 5.11 Å². The molecule has 2 atom stereocenters. The summed E-state index contributed by atoms with van der Waals surface area (Å²) in [6.45, 7) is 0. The number of rotatable bonds is 3. The third-order valence-corrected chi connectivity index (χ3v) is 5.31. The van der Waals surface area contributed by atoms with E-state index in [0.29, 0.717) is 0 Å². The molecule has 0 radical (unpaired) electrons. The molecule has 0 spiro atoms. The molecule has 2 aromatic carbocycles. The van der Waals surface area contributed by atoms with Gasteiger partial charge >= 0.3 is 0 Å². The fraction of sp³-hybridized carbons (Fsp3) is 0.333. The minimum atomic E-state index is -0.922. The van der Waals surface area contributed by atoms with Gasteiger partial charge in [0.2, 0.25) is 0 Å². The summed E-state index contributed by atoms with van der Waals surface area (Å²) in [5.41, 5.74) is 2.35. The van der Waals surface area contributed by atoms with Crippen molar-refractivity contribution in [1.82, 2.24) is 14.8 Å². The molecule has 128 valence electrons. The number of hydrogen-bond donors (Lipinski definition) is 1. The maximum atomic E-state index is 11.7. The summed E-state index contributed by atoms with van der Waals surface area (Å²) < 4.78 is 1.83. The summed E-state index contributed by atoms with van der Waals surface area (Å²) in [6.07, 6.45) is 8.20. The van der Waals surface area contributed by atoms with Crippen LogP contribution in [-0.4, -0.2) is 19.9 Å². The number of aliphatic hydroxyl groups is 1. The van der Waals surface area contributed by atoms with Crippen molar-refractivity contribution >= 4 is 0 Å². The summed E-state index contributed by atoms with van der Waals surface area (Å²) in [7, 11) is 0. The Morgan fingerprint density at radius 1 is 0.960 bits per heavy atom. The topological polar surface area (TPSA) is 50.9 Å². The quantitative estimate of drug-likeness (QED) is 0.726. The van der Waals surface area contributed by atoms with Gasteiger partial charge in [0.25, 0.3) is 0 Å². The Labute approximate surface area is 148 Å². The number of nitrogens with zero attached hydrogens (tertiary/aromatic N) is 3. The Balaban J connectivity index is 1.77. The Morgan fingerprint density at radius 2 is 1.80 bits per heavy atom. The van der Waals surface area contributed by atoms with Crippen molar-refractivity contribution in [2.24, 2.45) is 0 Å². The maximum absolute atomic E-state index is 11.7. The standard InChI is InChI=1S/C21H23N3O/c25-21(13-6-2-5-12-20(21)24-16-22-15-23-24)19-11-7-10-18(14-19)17-8-3-1-4-9-17/h1,3-4,7-11,14-16,20,25H,2,5-6,12-13H2. The van der Waals surface area contributed by atoms with E-state index in [1.54, 1.807) is 12.7 Å². The highest BCUT2D eigenvalue weighted by Crippen LogP contribution is 2.43. The van der Waals surface area contributed by atoms with Crippen molar-refractivity contribution in [2.75, 3.05) is 0 Å². The molecule has 0 bridgehead atoms. The highest BCUT2D eigenvalue weighted by atomic mass is 16.3. The second kappa shape index (κ2) is 6.81. The van der Waals surface area contributed by atoms with Crippen molar-refractivity contribution in [1.29, 1.82) is 0 Å². The summed E-state index contributed by atoms with van der Waals surface area (Å²) in [5, 5.41) is 16.1. The Morgan fingerprint density at radius 3 is 2.60 bits per heavy atom. The van der Waals surface area contributed by atoms with E-state index in [-0.39, 0.29) is 6.04 Å². The molecule has 0 amide bonds. The zero-order valence-corrected chi connectivity index (χ0v) is 14.3. The molecule has 4 heteroatoms. The van der Waals surface area contributed by atoms with Gasteiger partial charge in [-0.1, -0.05) is 67.8 Å². The first-order chi connectivity index (χ1) is 12.3. The molecule has 1 aliphatic carbocycles. The first-order valence-corrected chi connectivity index (χ1v) is 9.00. The lowest BCUT2D eigenvalue weighted by Gasteiger charge is -2.35. The van der Waals surface area contributed by atoms with Gasteiger partial charge < -0.3 is 5.11 Å². The number of aromatic nitrogens is 3. The van der Waals surface area contributed by atoms with E-state index in [2.05, 4.69) is 34.3 Å². The summed E-state index contributed by atoms with van der Waals surface area (Å²) in [4.78, 5) is 4.09. The average Bonchev–Trinajstić information content (AvgIpc) is 3.12. The number of hydrogen-bond acceptors (Lipinski definition) is 3. The molecule has 4 nitrogen and oxygen atoms in total. The van der Waals surface area contributed by atoms with Gasteiger partial charge in [0.15, 0.2) is 0 Å². The molecule has 1 fully saturated rings. The second-order valence-electron chi connectivity index (χ2n) is 6.86. The molecule has 4 rings (SSSR count). The lowest BCUT2D eigenvalue weighted by Crippen LogP contribution is -2.36. The molecule has 0 aliphatic heterocycles. The Hall–Kier alpha value is -2.46. The molecule has 2 unspecified atom stereocenters. The third kappa shape index (κ3) is 3.10. The van der Waals surface area contributed by atoms with Crippen LogP contribution in [0, 0.1) is 0 Å². The Bertz CT molecular complexity index is 816. The lowest BCUT2D eigenvalue weighted by molar-refractivity contribution is -0.0286. The lowest BCUT2D eigenvalue weighted by atomic mass is 9.81. The van der Waals surface area contributed by atoms with Crippen molar-refractivity contribution in [3.63, 3.8) is 0 Å². The van der Waals surface area contributed by atoms with Gasteiger partial charge in [-0.3, -0.25) is 0 Å². The average molecular weight is 333 g/mol. The fourth-order valence-corrected chi connectivity index (χ4v) is 3.98. The minimum absolute atomic E-state index is 0.0801. The molecule has 1 heterocycles. The van der Waals surface area contributed by atoms with E-state index >= 15 is 0 Å². The highest BCUT2D eigenvalue weighted by Gasteiger charge is 2.41. The van der Waals surface area contributed by atoms with Gasteiger partial charge in [-0.2, -0.15) is 5.10 Å². The monoisotopic (exact) mass is 333 g/mol. The smallest absolute Gasteiger partial charge is 0.137 e. The molecule has 1 N–H and O–H groups in total. The molecule has 3 aromatic rings. The predicted molar refractivity (Wildman–Crippen MR) is 97.9 cm³/mol. The van der Waals surface area contributed by atoms with E-state index in [4.69, 9.17) is 0 Å². The first-order valence-electron chi connectivity index (χ1n) is 9.00. The zero-order chi connectivity index (χ0) is 17.1. The van der Waals surface area contributed by atoms with Gasteiger partial charge in [0.05, 0.1) is 6.04 Å². The van der Waals surface area contributed by atoms with Crippen LogP contribution in [0.3, 0.4) is 0 Å². The summed E-state index contributed by atoms with van der Waals surface area (Å²) >= 11 is 0. The van der Waals surface area contributed by atoms with Crippen LogP contribution in [0.4, 0.5) is 0 Å². The fourth-order valence-electron chi connectivity index (χ4n) is 3.98. The van der Waals surface area contributed by atoms with Gasteiger partial charge in [-0.15, -0.1) is 0 Å². The summed E-state index contributed by atoms with van der Waals surface area (Å²) in [6, 6.07) is 18.5. The molecule has 1 aliphatic rings. The predicted octanol–water partition coefficient (Wildman–Crippen LogP) is 4.34. The van der Waals surface area contributed by atoms with Crippen molar-refractivity contribution in [3.05, 3.63) is 72.8 Å². The van der Waals surface area contributed by atoms with Crippen LogP contribution in [-0.2, 0) is 5.60 Å². The van der Waals surface area contributed by atoms with Gasteiger partial charge in [-0.05, 0) is 35.6 Å². The van der Waals surface area contributed by atoms with E-state index in [0.717, 1.165) is 43.2 Å². The third-order valence-electron chi connectivity index (χ3n) is 5.31. The van der Waals surface area contributed by atoms with Crippen molar-refractivity contribution in [2.45, 2.75) is 43.7 Å². The first kappa shape index (κ1) is 16.0. The van der Waals surface area contributed by atoms with Crippen molar-refractivity contribution in [3.8, 4) is 11.1 Å². The summed E-state index contributed by atoms with van der Waals surface area (Å²) in [5.74, 6) is 0. The molecule has 1 aromatic heterocycles. The van der Waals surface area contributed by atoms with Crippen LogP contribution in [0.25, 0.3) is 11.1 Å². The van der Waals surface area contributed by atoms with E-state index in [1.165, 1.54) is 5.56 Å². The largest absolute Gasteiger partial charge is 0.383 e. The van der Waals surface area contributed by atoms with Crippen LogP contribution in [0.15, 0.2) is 67.3 Å². The Kier molecular flexibility index (Phi) is 4.36. The highest BCUT2D eigenvalue weighted by molar-refractivity contribution is 5.64. The maximum Gasteiger partial charge on any atom is 0.137 e. The van der Waals surface area contributed by atoms with Gasteiger partial charge in [0, 0.05) is 0 Å². The van der Waals surface area contributed by atoms with Crippen molar-refractivity contribution < 1.29 is 5.11 Å². The van der Waals surface area contributed by atoms with Crippen LogP contribution in [0.5, 0.6) is 0 Å².